The van der Waals surface area contributed by atoms with Crippen molar-refractivity contribution >= 4 is 21.6 Å². The second kappa shape index (κ2) is 8.88. The fourth-order valence-electron chi connectivity index (χ4n) is 3.28. The molecule has 0 saturated heterocycles. The molecule has 0 bridgehead atoms. The number of carbonyl (C=O) groups excluding carboxylic acids is 1. The van der Waals surface area contributed by atoms with E-state index in [0.29, 0.717) is 41.5 Å². The van der Waals surface area contributed by atoms with Gasteiger partial charge < -0.3 is 14.8 Å². The minimum atomic E-state index is -3.87. The number of fused-ring (bicyclic) bond motifs is 1. The second-order valence-corrected chi connectivity index (χ2v) is 8.89. The van der Waals surface area contributed by atoms with E-state index in [1.165, 1.54) is 42.5 Å². The van der Waals surface area contributed by atoms with E-state index >= 15 is 0 Å². The maximum Gasteiger partial charge on any atom is 0.262 e. The third-order valence-electron chi connectivity index (χ3n) is 4.94. The highest BCUT2D eigenvalue weighted by Gasteiger charge is 2.20. The van der Waals surface area contributed by atoms with Crippen molar-refractivity contribution in [1.29, 1.82) is 0 Å². The number of hydrogen-bond donors (Lipinski definition) is 2. The maximum absolute atomic E-state index is 13.9. The summed E-state index contributed by atoms with van der Waals surface area (Å²) in [7, 11) is -3.87. The summed E-state index contributed by atoms with van der Waals surface area (Å²) in [6, 6.07) is 16.0. The van der Waals surface area contributed by atoms with Gasteiger partial charge in [-0.2, -0.15) is 0 Å². The van der Waals surface area contributed by atoms with Gasteiger partial charge in [0.2, 0.25) is 0 Å². The van der Waals surface area contributed by atoms with Gasteiger partial charge in [-0.05, 0) is 49.4 Å². The van der Waals surface area contributed by atoms with Crippen LogP contribution < -0.4 is 19.5 Å². The normalized spacial score (nSPS) is 13.8. The van der Waals surface area contributed by atoms with Crippen LogP contribution in [0.2, 0.25) is 0 Å². The first-order valence-electron chi connectivity index (χ1n) is 9.91. The fraction of sp³-hybridized carbons (Fsp3) is 0.174. The second-order valence-electron chi connectivity index (χ2n) is 7.20. The van der Waals surface area contributed by atoms with E-state index in [-0.39, 0.29) is 4.90 Å². The number of nitrogens with one attached hydrogen (secondary N) is 2. The lowest BCUT2D eigenvalue weighted by molar-refractivity contribution is 0.0939. The number of anilines is 1. The van der Waals surface area contributed by atoms with Crippen LogP contribution in [0.15, 0.2) is 71.6 Å². The Morgan fingerprint density at radius 2 is 1.66 bits per heavy atom. The Labute approximate surface area is 185 Å². The zero-order chi connectivity index (χ0) is 22.7. The predicted molar refractivity (Wildman–Crippen MR) is 117 cm³/mol. The van der Waals surface area contributed by atoms with E-state index in [4.69, 9.17) is 9.47 Å². The summed E-state index contributed by atoms with van der Waals surface area (Å²) in [4.78, 5) is 12.5. The molecule has 2 N–H and O–H groups in total. The molecule has 1 aliphatic rings. The molecular weight excluding hydrogens is 435 g/mol. The van der Waals surface area contributed by atoms with Gasteiger partial charge in [0.05, 0.1) is 10.9 Å². The highest BCUT2D eigenvalue weighted by atomic mass is 32.2. The van der Waals surface area contributed by atoms with E-state index < -0.39 is 27.8 Å². The van der Waals surface area contributed by atoms with Crippen LogP contribution in [-0.2, 0) is 10.0 Å². The van der Waals surface area contributed by atoms with Gasteiger partial charge in [-0.3, -0.25) is 9.52 Å². The molecule has 0 aliphatic carbocycles. The van der Waals surface area contributed by atoms with Crippen molar-refractivity contribution in [2.75, 3.05) is 17.9 Å². The molecule has 3 aromatic carbocycles. The third-order valence-corrected chi connectivity index (χ3v) is 6.32. The zero-order valence-corrected chi connectivity index (χ0v) is 18.0. The average molecular weight is 456 g/mol. The van der Waals surface area contributed by atoms with Crippen molar-refractivity contribution < 1.29 is 27.1 Å². The molecule has 0 aromatic heterocycles. The lowest BCUT2D eigenvalue weighted by atomic mass is 10.1. The summed E-state index contributed by atoms with van der Waals surface area (Å²) in [5.74, 6) is 0.0662. The zero-order valence-electron chi connectivity index (χ0n) is 17.2. The summed E-state index contributed by atoms with van der Waals surface area (Å²) in [6.45, 7) is 2.45. The first kappa shape index (κ1) is 21.6. The summed E-state index contributed by atoms with van der Waals surface area (Å²) in [5, 5.41) is 2.73. The first-order chi connectivity index (χ1) is 15.3. The fourth-order valence-corrected chi connectivity index (χ4v) is 4.35. The number of carbonyl (C=O) groups is 1. The number of amides is 1. The molecule has 1 amide bonds. The smallest absolute Gasteiger partial charge is 0.262 e. The Hall–Kier alpha value is -3.59. The Kier molecular flexibility index (Phi) is 6.00. The Morgan fingerprint density at radius 1 is 0.969 bits per heavy atom. The van der Waals surface area contributed by atoms with E-state index in [1.54, 1.807) is 31.2 Å². The molecular formula is C23H21FN2O5S. The molecule has 1 heterocycles. The monoisotopic (exact) mass is 456 g/mol. The van der Waals surface area contributed by atoms with E-state index in [1.807, 2.05) is 0 Å². The molecule has 1 unspecified atom stereocenters. The molecule has 4 rings (SSSR count). The van der Waals surface area contributed by atoms with E-state index in [0.717, 1.165) is 0 Å². The van der Waals surface area contributed by atoms with Crippen molar-refractivity contribution in [3.63, 3.8) is 0 Å². The SMILES string of the molecule is CC(NC(=O)c1ccc(NS(=O)(=O)c2ccc3c(c2)OCCO3)cc1)c1ccccc1F. The number of sulfonamides is 1. The van der Waals surface area contributed by atoms with Crippen LogP contribution in [0.5, 0.6) is 11.5 Å². The highest BCUT2D eigenvalue weighted by molar-refractivity contribution is 7.92. The van der Waals surface area contributed by atoms with Gasteiger partial charge >= 0.3 is 0 Å². The molecule has 0 spiro atoms. The number of ether oxygens (including phenoxy) is 2. The van der Waals surface area contributed by atoms with E-state index in [2.05, 4.69) is 10.0 Å². The number of rotatable bonds is 6. The number of benzene rings is 3. The van der Waals surface area contributed by atoms with Gasteiger partial charge in [0.1, 0.15) is 19.0 Å². The first-order valence-corrected chi connectivity index (χ1v) is 11.4. The maximum atomic E-state index is 13.9. The molecule has 7 nitrogen and oxygen atoms in total. The van der Waals surface area contributed by atoms with Crippen molar-refractivity contribution in [1.82, 2.24) is 5.32 Å². The van der Waals surface area contributed by atoms with Crippen LogP contribution in [0, 0.1) is 5.82 Å². The van der Waals surface area contributed by atoms with Gasteiger partial charge in [0, 0.05) is 22.9 Å². The Bertz CT molecular complexity index is 1250. The standard InChI is InChI=1S/C23H21FN2O5S/c1-15(19-4-2-3-5-20(19)24)25-23(27)16-6-8-17(9-7-16)26-32(28,29)18-10-11-21-22(14-18)31-13-12-30-21/h2-11,14-15,26H,12-13H2,1H3,(H,25,27). The van der Waals surface area contributed by atoms with E-state index in [9.17, 15) is 17.6 Å². The van der Waals surface area contributed by atoms with Gasteiger partial charge in [-0.25, -0.2) is 12.8 Å². The van der Waals surface area contributed by atoms with Crippen molar-refractivity contribution in [3.8, 4) is 11.5 Å². The van der Waals surface area contributed by atoms with Gasteiger partial charge in [-0.1, -0.05) is 18.2 Å². The van der Waals surface area contributed by atoms with Crippen LogP contribution in [0.1, 0.15) is 28.9 Å². The topological polar surface area (TPSA) is 93.7 Å². The van der Waals surface area contributed by atoms with Crippen LogP contribution in [0.25, 0.3) is 0 Å². The van der Waals surface area contributed by atoms with Crippen LogP contribution in [0.3, 0.4) is 0 Å². The lowest BCUT2D eigenvalue weighted by Gasteiger charge is -2.19. The van der Waals surface area contributed by atoms with Gasteiger partial charge in [0.15, 0.2) is 11.5 Å². The number of hydrogen-bond acceptors (Lipinski definition) is 5. The molecule has 9 heteroatoms. The minimum absolute atomic E-state index is 0.0299. The summed E-state index contributed by atoms with van der Waals surface area (Å²) in [6.07, 6.45) is 0. The molecule has 3 aromatic rings. The molecule has 166 valence electrons. The lowest BCUT2D eigenvalue weighted by Crippen LogP contribution is -2.27. The largest absolute Gasteiger partial charge is 0.486 e. The molecule has 0 radical (unpaired) electrons. The highest BCUT2D eigenvalue weighted by Crippen LogP contribution is 2.32. The quantitative estimate of drug-likeness (QED) is 0.587. The van der Waals surface area contributed by atoms with Crippen LogP contribution in [-0.4, -0.2) is 27.5 Å². The van der Waals surface area contributed by atoms with Gasteiger partial charge in [0.25, 0.3) is 15.9 Å². The molecule has 32 heavy (non-hydrogen) atoms. The third kappa shape index (κ3) is 4.67. The predicted octanol–water partition coefficient (Wildman–Crippen LogP) is 3.89. The van der Waals surface area contributed by atoms with Gasteiger partial charge in [-0.15, -0.1) is 0 Å². The number of halogens is 1. The van der Waals surface area contributed by atoms with Crippen LogP contribution in [0.4, 0.5) is 10.1 Å². The molecule has 1 aliphatic heterocycles. The van der Waals surface area contributed by atoms with Crippen LogP contribution >= 0.6 is 0 Å². The molecule has 1 atom stereocenters. The summed E-state index contributed by atoms with van der Waals surface area (Å²) < 4.78 is 52.7. The summed E-state index contributed by atoms with van der Waals surface area (Å²) >= 11 is 0. The van der Waals surface area contributed by atoms with Crippen molar-refractivity contribution in [3.05, 3.63) is 83.7 Å². The molecule has 0 saturated carbocycles. The molecule has 0 fully saturated rings. The van der Waals surface area contributed by atoms with Crippen molar-refractivity contribution in [2.45, 2.75) is 17.9 Å². The Balaban J connectivity index is 1.44. The van der Waals surface area contributed by atoms with Crippen molar-refractivity contribution in [2.24, 2.45) is 0 Å². The Morgan fingerprint density at radius 3 is 2.38 bits per heavy atom. The summed E-state index contributed by atoms with van der Waals surface area (Å²) in [5.41, 5.74) is 0.985. The minimum Gasteiger partial charge on any atom is -0.486 e. The average Bonchev–Trinajstić information content (AvgIpc) is 2.79.